The predicted molar refractivity (Wildman–Crippen MR) is 79.1 cm³/mol. The van der Waals surface area contributed by atoms with Gasteiger partial charge in [0, 0.05) is 17.3 Å². The van der Waals surface area contributed by atoms with Crippen LogP contribution in [-0.2, 0) is 0 Å². The Hall–Kier alpha value is -2.65. The van der Waals surface area contributed by atoms with Gasteiger partial charge in [-0.2, -0.15) is 5.26 Å². The third-order valence-electron chi connectivity index (χ3n) is 2.90. The summed E-state index contributed by atoms with van der Waals surface area (Å²) >= 11 is 5.93. The Balaban J connectivity index is 2.31. The number of halogens is 1. The van der Waals surface area contributed by atoms with Crippen molar-refractivity contribution in [1.29, 1.82) is 5.26 Å². The van der Waals surface area contributed by atoms with Gasteiger partial charge in [0.2, 0.25) is 5.82 Å². The number of nitriles is 1. The molecular weight excluding hydrogens is 292 g/mol. The van der Waals surface area contributed by atoms with E-state index in [1.54, 1.807) is 18.2 Å². The first-order chi connectivity index (χ1) is 10.0. The number of anilines is 1. The van der Waals surface area contributed by atoms with Crippen molar-refractivity contribution >= 4 is 23.1 Å². The molecule has 0 saturated carbocycles. The van der Waals surface area contributed by atoms with Gasteiger partial charge in [0.25, 0.3) is 0 Å². The number of benzene rings is 1. The Bertz CT molecular complexity index is 727. The third kappa shape index (κ3) is 3.46. The van der Waals surface area contributed by atoms with Gasteiger partial charge in [0.15, 0.2) is 0 Å². The van der Waals surface area contributed by atoms with Gasteiger partial charge in [0.05, 0.1) is 16.5 Å². The molecule has 0 aliphatic carbocycles. The van der Waals surface area contributed by atoms with Crippen molar-refractivity contribution in [1.82, 2.24) is 4.98 Å². The molecule has 1 heterocycles. The molecule has 7 heteroatoms. The molecule has 0 saturated heterocycles. The Morgan fingerprint density at radius 3 is 2.86 bits per heavy atom. The van der Waals surface area contributed by atoms with Crippen LogP contribution in [-0.4, -0.2) is 9.91 Å². The fourth-order valence-electron chi connectivity index (χ4n) is 1.83. The second kappa shape index (κ2) is 6.20. The SMILES string of the molecule is CC(Nc1ncc(C#N)cc1[N+](=O)[O-])c1cccc(Cl)c1. The normalized spacial score (nSPS) is 11.5. The lowest BCUT2D eigenvalue weighted by molar-refractivity contribution is -0.384. The van der Waals surface area contributed by atoms with E-state index in [0.29, 0.717) is 5.02 Å². The molecule has 2 aromatic rings. The first-order valence-electron chi connectivity index (χ1n) is 6.08. The van der Waals surface area contributed by atoms with Gasteiger partial charge in [-0.1, -0.05) is 23.7 Å². The number of nitrogens with one attached hydrogen (secondary N) is 1. The smallest absolute Gasteiger partial charge is 0.312 e. The van der Waals surface area contributed by atoms with Gasteiger partial charge in [-0.15, -0.1) is 0 Å². The maximum atomic E-state index is 11.1. The number of nitrogens with zero attached hydrogens (tertiary/aromatic N) is 3. The largest absolute Gasteiger partial charge is 0.358 e. The lowest BCUT2D eigenvalue weighted by Gasteiger charge is -2.15. The van der Waals surface area contributed by atoms with E-state index < -0.39 is 4.92 Å². The summed E-state index contributed by atoms with van der Waals surface area (Å²) in [5.41, 5.74) is 0.786. The Morgan fingerprint density at radius 1 is 1.48 bits per heavy atom. The molecule has 106 valence electrons. The van der Waals surface area contributed by atoms with Crippen molar-refractivity contribution in [2.75, 3.05) is 5.32 Å². The van der Waals surface area contributed by atoms with Crippen LogP contribution >= 0.6 is 11.6 Å². The fourth-order valence-corrected chi connectivity index (χ4v) is 2.03. The topological polar surface area (TPSA) is 91.8 Å². The molecule has 21 heavy (non-hydrogen) atoms. The highest BCUT2D eigenvalue weighted by Crippen LogP contribution is 2.27. The molecule has 0 amide bonds. The molecule has 0 spiro atoms. The minimum absolute atomic E-state index is 0.117. The molecule has 1 aromatic heterocycles. The standard InChI is InChI=1S/C14H11ClN4O2/c1-9(11-3-2-4-12(15)6-11)18-14-13(19(20)21)5-10(7-16)8-17-14/h2-6,8-9H,1H3,(H,17,18). The van der Waals surface area contributed by atoms with E-state index in [2.05, 4.69) is 10.3 Å². The van der Waals surface area contributed by atoms with Gasteiger partial charge in [-0.25, -0.2) is 4.98 Å². The first-order valence-corrected chi connectivity index (χ1v) is 6.45. The van der Waals surface area contributed by atoms with Crippen molar-refractivity contribution in [3.05, 3.63) is 62.8 Å². The van der Waals surface area contributed by atoms with Gasteiger partial charge in [0.1, 0.15) is 6.07 Å². The molecule has 1 aromatic carbocycles. The van der Waals surface area contributed by atoms with Crippen molar-refractivity contribution in [2.24, 2.45) is 0 Å². The summed E-state index contributed by atoms with van der Waals surface area (Å²) in [7, 11) is 0. The summed E-state index contributed by atoms with van der Waals surface area (Å²) in [5.74, 6) is 0.117. The minimum atomic E-state index is -0.569. The van der Waals surface area contributed by atoms with Crippen LogP contribution in [0.25, 0.3) is 0 Å². The maximum absolute atomic E-state index is 11.1. The molecule has 0 bridgehead atoms. The summed E-state index contributed by atoms with van der Waals surface area (Å²) in [5, 5.41) is 23.4. The van der Waals surface area contributed by atoms with Crippen LogP contribution in [0.15, 0.2) is 36.5 Å². The number of hydrogen-bond donors (Lipinski definition) is 1. The van der Waals surface area contributed by atoms with E-state index in [1.807, 2.05) is 19.1 Å². The first kappa shape index (κ1) is 14.8. The molecule has 0 radical (unpaired) electrons. The summed E-state index contributed by atoms with van der Waals surface area (Å²) in [6.45, 7) is 1.84. The molecule has 1 N–H and O–H groups in total. The zero-order valence-corrected chi connectivity index (χ0v) is 11.8. The molecular formula is C14H11ClN4O2. The highest BCUT2D eigenvalue weighted by atomic mass is 35.5. The second-order valence-electron chi connectivity index (χ2n) is 4.38. The van der Waals surface area contributed by atoms with Crippen LogP contribution in [0.4, 0.5) is 11.5 Å². The molecule has 2 rings (SSSR count). The summed E-state index contributed by atoms with van der Waals surface area (Å²) in [4.78, 5) is 14.4. The highest BCUT2D eigenvalue weighted by Gasteiger charge is 2.18. The molecule has 1 atom stereocenters. The molecule has 0 aliphatic heterocycles. The summed E-state index contributed by atoms with van der Waals surface area (Å²) in [6.07, 6.45) is 1.29. The van der Waals surface area contributed by atoms with E-state index in [0.717, 1.165) is 5.56 Å². The second-order valence-corrected chi connectivity index (χ2v) is 4.82. The number of rotatable bonds is 4. The van der Waals surface area contributed by atoms with Crippen LogP contribution < -0.4 is 5.32 Å². The number of aromatic nitrogens is 1. The quantitative estimate of drug-likeness (QED) is 0.687. The van der Waals surface area contributed by atoms with E-state index in [4.69, 9.17) is 16.9 Å². The molecule has 0 fully saturated rings. The lowest BCUT2D eigenvalue weighted by atomic mass is 10.1. The third-order valence-corrected chi connectivity index (χ3v) is 3.13. The van der Waals surface area contributed by atoms with Crippen molar-refractivity contribution in [2.45, 2.75) is 13.0 Å². The van der Waals surface area contributed by atoms with Crippen molar-refractivity contribution in [3.8, 4) is 6.07 Å². The average molecular weight is 303 g/mol. The average Bonchev–Trinajstić information content (AvgIpc) is 2.47. The van der Waals surface area contributed by atoms with Gasteiger partial charge in [-0.3, -0.25) is 10.1 Å². The van der Waals surface area contributed by atoms with Gasteiger partial charge in [-0.05, 0) is 24.6 Å². The zero-order valence-electron chi connectivity index (χ0n) is 11.1. The van der Waals surface area contributed by atoms with Crippen LogP contribution in [0, 0.1) is 21.4 Å². The van der Waals surface area contributed by atoms with Crippen LogP contribution in [0.1, 0.15) is 24.1 Å². The maximum Gasteiger partial charge on any atom is 0.312 e. The molecule has 6 nitrogen and oxygen atoms in total. The van der Waals surface area contributed by atoms with E-state index in [9.17, 15) is 10.1 Å². The van der Waals surface area contributed by atoms with Gasteiger partial charge >= 0.3 is 5.69 Å². The monoisotopic (exact) mass is 302 g/mol. The Labute approximate surface area is 126 Å². The van der Waals surface area contributed by atoms with Crippen LogP contribution in [0.3, 0.4) is 0 Å². The number of hydrogen-bond acceptors (Lipinski definition) is 5. The minimum Gasteiger partial charge on any atom is -0.358 e. The van der Waals surface area contributed by atoms with Crippen molar-refractivity contribution in [3.63, 3.8) is 0 Å². The van der Waals surface area contributed by atoms with Crippen LogP contribution in [0.5, 0.6) is 0 Å². The Morgan fingerprint density at radius 2 is 2.24 bits per heavy atom. The van der Waals surface area contributed by atoms with Gasteiger partial charge < -0.3 is 5.32 Å². The molecule has 1 unspecified atom stereocenters. The number of pyridine rings is 1. The lowest BCUT2D eigenvalue weighted by Crippen LogP contribution is -2.10. The van der Waals surface area contributed by atoms with Crippen molar-refractivity contribution < 1.29 is 4.92 Å². The summed E-state index contributed by atoms with van der Waals surface area (Å²) < 4.78 is 0. The van der Waals surface area contributed by atoms with Crippen LogP contribution in [0.2, 0.25) is 5.02 Å². The Kier molecular flexibility index (Phi) is 4.36. The molecule has 0 aliphatic rings. The summed E-state index contributed by atoms with van der Waals surface area (Å²) in [6, 6.07) is 9.99. The zero-order chi connectivity index (χ0) is 15.4. The predicted octanol–water partition coefficient (Wildman–Crippen LogP) is 3.69. The van der Waals surface area contributed by atoms with E-state index in [-0.39, 0.29) is 23.1 Å². The fraction of sp³-hybridized carbons (Fsp3) is 0.143. The number of nitro groups is 1. The highest BCUT2D eigenvalue weighted by molar-refractivity contribution is 6.30. The van der Waals surface area contributed by atoms with E-state index in [1.165, 1.54) is 12.3 Å². The van der Waals surface area contributed by atoms with E-state index >= 15 is 0 Å².